The number of carbonyl (C=O) groups is 2. The third-order valence-electron chi connectivity index (χ3n) is 3.86. The van der Waals surface area contributed by atoms with Gasteiger partial charge in [0.1, 0.15) is 0 Å². The lowest BCUT2D eigenvalue weighted by Crippen LogP contribution is -2.48. The topological polar surface area (TPSA) is 75.4 Å². The van der Waals surface area contributed by atoms with E-state index < -0.39 is 29.6 Å². The molecule has 1 aliphatic rings. The highest BCUT2D eigenvalue weighted by Gasteiger charge is 2.33. The quantitative estimate of drug-likeness (QED) is 0.891. The monoisotopic (exact) mass is 329 g/mol. The number of urea groups is 1. The molecule has 1 fully saturated rings. The molecular weight excluding hydrogens is 311 g/mol. The molecule has 0 spiro atoms. The average Bonchev–Trinajstić information content (AvgIpc) is 2.52. The Balaban J connectivity index is 1.99. The van der Waals surface area contributed by atoms with Crippen molar-refractivity contribution in [3.8, 4) is 0 Å². The van der Waals surface area contributed by atoms with Crippen molar-refractivity contribution in [1.29, 1.82) is 0 Å². The number of nitrogens with two attached hydrogens (primary N) is 1. The molecule has 1 atom stereocenters. The maximum Gasteiger partial charge on any atom is 0.416 e. The van der Waals surface area contributed by atoms with Crippen molar-refractivity contribution in [3.63, 3.8) is 0 Å². The normalized spacial score (nSPS) is 18.6. The number of primary amides is 1. The second-order valence-electron chi connectivity index (χ2n) is 5.50. The molecule has 1 aromatic carbocycles. The fourth-order valence-corrected chi connectivity index (χ4v) is 2.63. The molecule has 126 valence electrons. The van der Waals surface area contributed by atoms with Gasteiger partial charge in [-0.3, -0.25) is 4.79 Å². The van der Waals surface area contributed by atoms with Crippen LogP contribution >= 0.6 is 0 Å². The van der Waals surface area contributed by atoms with Crippen LogP contribution in [0.15, 0.2) is 24.3 Å². The average molecular weight is 329 g/mol. The van der Waals surface area contributed by atoms with Crippen LogP contribution in [0.1, 0.15) is 24.0 Å². The van der Waals surface area contributed by atoms with Crippen molar-refractivity contribution in [2.24, 2.45) is 11.7 Å². The van der Waals surface area contributed by atoms with E-state index in [1.54, 1.807) is 0 Å². The fourth-order valence-electron chi connectivity index (χ4n) is 2.63. The number of nitrogens with one attached hydrogen (secondary N) is 1. The molecule has 0 saturated carbocycles. The van der Waals surface area contributed by atoms with E-state index in [1.807, 2.05) is 0 Å². The Kier molecular flexibility index (Phi) is 5.12. The molecule has 3 N–H and O–H groups in total. The van der Waals surface area contributed by atoms with Crippen molar-refractivity contribution in [3.05, 3.63) is 35.4 Å². The number of benzene rings is 1. The van der Waals surface area contributed by atoms with Crippen molar-refractivity contribution in [1.82, 2.24) is 10.2 Å². The van der Waals surface area contributed by atoms with E-state index >= 15 is 0 Å². The van der Waals surface area contributed by atoms with Crippen molar-refractivity contribution in [2.75, 3.05) is 13.1 Å². The molecule has 0 aromatic heterocycles. The van der Waals surface area contributed by atoms with E-state index in [2.05, 4.69) is 5.32 Å². The molecule has 8 heteroatoms. The molecule has 5 nitrogen and oxygen atoms in total. The van der Waals surface area contributed by atoms with Gasteiger partial charge in [-0.25, -0.2) is 4.79 Å². The van der Waals surface area contributed by atoms with Crippen LogP contribution in [0.25, 0.3) is 0 Å². The summed E-state index contributed by atoms with van der Waals surface area (Å²) < 4.78 is 38.7. The molecule has 1 saturated heterocycles. The first-order chi connectivity index (χ1) is 10.8. The Morgan fingerprint density at radius 1 is 1.30 bits per heavy atom. The Morgan fingerprint density at radius 2 is 2.00 bits per heavy atom. The van der Waals surface area contributed by atoms with Crippen LogP contribution in [0.3, 0.4) is 0 Å². The standard InChI is InChI=1S/C15H18F3N3O2/c16-15(17,18)12-6-2-1-4-10(12)8-20-14(23)21-7-3-5-11(9-21)13(19)22/h1-2,4,6,11H,3,5,7-9H2,(H2,19,22)(H,20,23)/t11-/m0/s1. The number of nitrogens with zero attached hydrogens (tertiary/aromatic N) is 1. The minimum atomic E-state index is -4.47. The molecular formula is C15H18F3N3O2. The van der Waals surface area contributed by atoms with Crippen LogP contribution in [-0.4, -0.2) is 29.9 Å². The largest absolute Gasteiger partial charge is 0.416 e. The molecule has 23 heavy (non-hydrogen) atoms. The summed E-state index contributed by atoms with van der Waals surface area (Å²) in [6.07, 6.45) is -3.21. The van der Waals surface area contributed by atoms with Crippen LogP contribution in [0.4, 0.5) is 18.0 Å². The van der Waals surface area contributed by atoms with Gasteiger partial charge in [0.2, 0.25) is 5.91 Å². The summed E-state index contributed by atoms with van der Waals surface area (Å²) in [5.41, 5.74) is 4.47. The number of piperidine rings is 1. The molecule has 0 aliphatic carbocycles. The predicted molar refractivity (Wildman–Crippen MR) is 77.2 cm³/mol. The van der Waals surface area contributed by atoms with Crippen molar-refractivity contribution >= 4 is 11.9 Å². The van der Waals surface area contributed by atoms with Crippen LogP contribution in [0, 0.1) is 5.92 Å². The number of alkyl halides is 3. The highest BCUT2D eigenvalue weighted by atomic mass is 19.4. The molecule has 2 rings (SSSR count). The molecule has 1 aliphatic heterocycles. The Bertz CT molecular complexity index is 590. The third-order valence-corrected chi connectivity index (χ3v) is 3.86. The lowest BCUT2D eigenvalue weighted by Gasteiger charge is -2.31. The summed E-state index contributed by atoms with van der Waals surface area (Å²) in [6.45, 7) is 0.421. The van der Waals surface area contributed by atoms with Gasteiger partial charge in [-0.05, 0) is 24.5 Å². The number of halogens is 3. The van der Waals surface area contributed by atoms with Crippen LogP contribution < -0.4 is 11.1 Å². The Labute approximate surface area is 131 Å². The van der Waals surface area contributed by atoms with E-state index in [9.17, 15) is 22.8 Å². The van der Waals surface area contributed by atoms with E-state index in [0.717, 1.165) is 6.07 Å². The summed E-state index contributed by atoms with van der Waals surface area (Å²) in [6, 6.07) is 4.60. The number of rotatable bonds is 3. The number of likely N-dealkylation sites (tertiary alicyclic amines) is 1. The summed E-state index contributed by atoms with van der Waals surface area (Å²) in [5, 5.41) is 2.48. The Hall–Kier alpha value is -2.25. The van der Waals surface area contributed by atoms with Crippen LogP contribution in [0.2, 0.25) is 0 Å². The van der Waals surface area contributed by atoms with Gasteiger partial charge in [0.25, 0.3) is 0 Å². The summed E-state index contributed by atoms with van der Waals surface area (Å²) in [5.74, 6) is -0.873. The summed E-state index contributed by atoms with van der Waals surface area (Å²) in [7, 11) is 0. The molecule has 0 bridgehead atoms. The smallest absolute Gasteiger partial charge is 0.369 e. The SMILES string of the molecule is NC(=O)[C@H]1CCCN(C(=O)NCc2ccccc2C(F)(F)F)C1. The molecule has 1 heterocycles. The van der Waals surface area contributed by atoms with Gasteiger partial charge in [0.15, 0.2) is 0 Å². The van der Waals surface area contributed by atoms with E-state index in [4.69, 9.17) is 5.73 Å². The molecule has 3 amide bonds. The molecule has 0 radical (unpaired) electrons. The van der Waals surface area contributed by atoms with Crippen molar-refractivity contribution < 1.29 is 22.8 Å². The van der Waals surface area contributed by atoms with Gasteiger partial charge in [0.05, 0.1) is 11.5 Å². The summed E-state index contributed by atoms with van der Waals surface area (Å²) in [4.78, 5) is 24.7. The van der Waals surface area contributed by atoms with Crippen LogP contribution in [-0.2, 0) is 17.5 Å². The minimum Gasteiger partial charge on any atom is -0.369 e. The highest BCUT2D eigenvalue weighted by Crippen LogP contribution is 2.31. The molecule has 0 unspecified atom stereocenters. The minimum absolute atomic E-state index is 0.00295. The number of amides is 3. The van der Waals surface area contributed by atoms with Gasteiger partial charge in [-0.2, -0.15) is 13.2 Å². The van der Waals surface area contributed by atoms with Gasteiger partial charge < -0.3 is 16.0 Å². The van der Waals surface area contributed by atoms with Crippen molar-refractivity contribution in [2.45, 2.75) is 25.6 Å². The first-order valence-electron chi connectivity index (χ1n) is 7.26. The van der Waals surface area contributed by atoms with Gasteiger partial charge in [-0.15, -0.1) is 0 Å². The zero-order valence-corrected chi connectivity index (χ0v) is 12.4. The second-order valence-corrected chi connectivity index (χ2v) is 5.50. The zero-order chi connectivity index (χ0) is 17.0. The number of hydrogen-bond acceptors (Lipinski definition) is 2. The predicted octanol–water partition coefficient (Wildman–Crippen LogP) is 2.11. The lowest BCUT2D eigenvalue weighted by molar-refractivity contribution is -0.138. The number of hydrogen-bond donors (Lipinski definition) is 2. The fraction of sp³-hybridized carbons (Fsp3) is 0.467. The zero-order valence-electron chi connectivity index (χ0n) is 12.4. The van der Waals surface area contributed by atoms with Gasteiger partial charge in [0, 0.05) is 19.6 Å². The molecule has 1 aromatic rings. The summed E-state index contributed by atoms with van der Waals surface area (Å²) >= 11 is 0. The van der Waals surface area contributed by atoms with Gasteiger partial charge >= 0.3 is 12.2 Å². The van der Waals surface area contributed by atoms with E-state index in [0.29, 0.717) is 19.4 Å². The lowest BCUT2D eigenvalue weighted by atomic mass is 9.98. The van der Waals surface area contributed by atoms with Gasteiger partial charge in [-0.1, -0.05) is 18.2 Å². The maximum absolute atomic E-state index is 12.9. The van der Waals surface area contributed by atoms with Crippen LogP contribution in [0.5, 0.6) is 0 Å². The highest BCUT2D eigenvalue weighted by molar-refractivity contribution is 5.79. The first-order valence-corrected chi connectivity index (χ1v) is 7.26. The Morgan fingerprint density at radius 3 is 2.65 bits per heavy atom. The third kappa shape index (κ3) is 4.37. The number of carbonyl (C=O) groups excluding carboxylic acids is 2. The second kappa shape index (κ2) is 6.89. The van der Waals surface area contributed by atoms with E-state index in [-0.39, 0.29) is 18.7 Å². The van der Waals surface area contributed by atoms with E-state index in [1.165, 1.54) is 23.1 Å². The maximum atomic E-state index is 12.9. The first kappa shape index (κ1) is 17.1.